The molecule has 1 aromatic heterocycles. The maximum Gasteiger partial charge on any atom is 0.331 e. The molecule has 1 fully saturated rings. The van der Waals surface area contributed by atoms with Gasteiger partial charge in [0, 0.05) is 0 Å². The number of ether oxygens (including phenoxy) is 1. The third kappa shape index (κ3) is 3.12. The third-order valence-electron chi connectivity index (χ3n) is 3.74. The van der Waals surface area contributed by atoms with Crippen LogP contribution in [0.2, 0.25) is 0 Å². The van der Waals surface area contributed by atoms with Gasteiger partial charge < -0.3 is 9.84 Å². The fourth-order valence-corrected chi connectivity index (χ4v) is 2.74. The van der Waals surface area contributed by atoms with Crippen molar-refractivity contribution >= 4 is 0 Å². The molecule has 0 spiro atoms. The van der Waals surface area contributed by atoms with E-state index >= 15 is 0 Å². The van der Waals surface area contributed by atoms with Crippen LogP contribution in [-0.2, 0) is 11.3 Å². The van der Waals surface area contributed by atoms with Crippen LogP contribution in [0.3, 0.4) is 0 Å². The average molecular weight is 282 g/mol. The first-order chi connectivity index (χ1) is 9.50. The smallest absolute Gasteiger partial charge is 0.331 e. The van der Waals surface area contributed by atoms with E-state index in [4.69, 9.17) is 4.74 Å². The standard InChI is InChI=1S/C14H22N2O4/c1-9(2)20-8-7-16-13(18)11(10-5-3-4-6-10)12(17)15-14(16)19/h9-10,18H,3-8H2,1-2H3,(H,15,17,19). The summed E-state index contributed by atoms with van der Waals surface area (Å²) in [5.41, 5.74) is -0.686. The molecule has 0 saturated heterocycles. The molecule has 1 aliphatic carbocycles. The van der Waals surface area contributed by atoms with Crippen LogP contribution in [-0.4, -0.2) is 27.4 Å². The number of aromatic nitrogens is 2. The Hall–Kier alpha value is -1.56. The van der Waals surface area contributed by atoms with Crippen molar-refractivity contribution in [2.24, 2.45) is 0 Å². The molecule has 112 valence electrons. The van der Waals surface area contributed by atoms with Crippen LogP contribution in [0.15, 0.2) is 9.59 Å². The average Bonchev–Trinajstić information content (AvgIpc) is 2.86. The van der Waals surface area contributed by atoms with Gasteiger partial charge in [-0.15, -0.1) is 0 Å². The van der Waals surface area contributed by atoms with Crippen molar-refractivity contribution < 1.29 is 9.84 Å². The van der Waals surface area contributed by atoms with E-state index in [0.29, 0.717) is 12.2 Å². The van der Waals surface area contributed by atoms with Gasteiger partial charge in [0.25, 0.3) is 5.56 Å². The van der Waals surface area contributed by atoms with Gasteiger partial charge in [-0.3, -0.25) is 14.3 Å². The van der Waals surface area contributed by atoms with Crippen LogP contribution in [0.4, 0.5) is 0 Å². The van der Waals surface area contributed by atoms with E-state index in [-0.39, 0.29) is 24.4 Å². The maximum absolute atomic E-state index is 11.9. The monoisotopic (exact) mass is 282 g/mol. The Morgan fingerprint density at radius 2 is 2.00 bits per heavy atom. The summed E-state index contributed by atoms with van der Waals surface area (Å²) in [5.74, 6) is -0.144. The van der Waals surface area contributed by atoms with Crippen LogP contribution < -0.4 is 11.2 Å². The summed E-state index contributed by atoms with van der Waals surface area (Å²) in [4.78, 5) is 26.0. The number of H-pyrrole nitrogens is 1. The second-order valence-corrected chi connectivity index (χ2v) is 5.55. The highest BCUT2D eigenvalue weighted by Crippen LogP contribution is 2.35. The minimum Gasteiger partial charge on any atom is -0.494 e. The zero-order valence-corrected chi connectivity index (χ0v) is 12.0. The topological polar surface area (TPSA) is 84.3 Å². The number of aromatic amines is 1. The Labute approximate surface area is 117 Å². The molecule has 1 aromatic rings. The van der Waals surface area contributed by atoms with Crippen LogP contribution in [0, 0.1) is 0 Å². The zero-order chi connectivity index (χ0) is 14.7. The van der Waals surface area contributed by atoms with Gasteiger partial charge in [0.1, 0.15) is 0 Å². The molecule has 6 nitrogen and oxygen atoms in total. The summed E-state index contributed by atoms with van der Waals surface area (Å²) >= 11 is 0. The van der Waals surface area contributed by atoms with Gasteiger partial charge in [0.2, 0.25) is 5.88 Å². The Morgan fingerprint density at radius 1 is 1.35 bits per heavy atom. The number of hydrogen-bond acceptors (Lipinski definition) is 4. The Bertz CT molecular complexity index is 568. The number of nitrogens with zero attached hydrogens (tertiary/aromatic N) is 1. The first-order valence-corrected chi connectivity index (χ1v) is 7.18. The van der Waals surface area contributed by atoms with Gasteiger partial charge in [0.05, 0.1) is 24.8 Å². The minimum absolute atomic E-state index is 0.0524. The molecule has 2 N–H and O–H groups in total. The molecule has 0 radical (unpaired) electrons. The van der Waals surface area contributed by atoms with Crippen molar-refractivity contribution in [3.05, 3.63) is 26.4 Å². The van der Waals surface area contributed by atoms with Crippen molar-refractivity contribution in [1.82, 2.24) is 9.55 Å². The molecule has 0 aliphatic heterocycles. The number of nitrogens with one attached hydrogen (secondary N) is 1. The number of aromatic hydroxyl groups is 1. The highest BCUT2D eigenvalue weighted by molar-refractivity contribution is 5.27. The third-order valence-corrected chi connectivity index (χ3v) is 3.74. The quantitative estimate of drug-likeness (QED) is 0.853. The lowest BCUT2D eigenvalue weighted by atomic mass is 10.00. The second-order valence-electron chi connectivity index (χ2n) is 5.55. The van der Waals surface area contributed by atoms with E-state index in [2.05, 4.69) is 4.98 Å². The molecule has 1 heterocycles. The van der Waals surface area contributed by atoms with E-state index in [1.807, 2.05) is 13.8 Å². The van der Waals surface area contributed by atoms with Crippen LogP contribution in [0.5, 0.6) is 5.88 Å². The largest absolute Gasteiger partial charge is 0.494 e. The first-order valence-electron chi connectivity index (χ1n) is 7.18. The highest BCUT2D eigenvalue weighted by Gasteiger charge is 2.25. The molecule has 20 heavy (non-hydrogen) atoms. The van der Waals surface area contributed by atoms with Gasteiger partial charge >= 0.3 is 5.69 Å². The molecule has 0 amide bonds. The second kappa shape index (κ2) is 6.26. The molecule has 1 aliphatic rings. The van der Waals surface area contributed by atoms with E-state index in [1.165, 1.54) is 4.57 Å². The van der Waals surface area contributed by atoms with Crippen molar-refractivity contribution in [1.29, 1.82) is 0 Å². The molecule has 0 bridgehead atoms. The van der Waals surface area contributed by atoms with Crippen molar-refractivity contribution in [2.45, 2.75) is 58.1 Å². The van der Waals surface area contributed by atoms with Crippen LogP contribution in [0.25, 0.3) is 0 Å². The van der Waals surface area contributed by atoms with Crippen molar-refractivity contribution in [2.75, 3.05) is 6.61 Å². The Morgan fingerprint density at radius 3 is 2.60 bits per heavy atom. The lowest BCUT2D eigenvalue weighted by Crippen LogP contribution is -2.34. The minimum atomic E-state index is -0.582. The molecular formula is C14H22N2O4. The van der Waals surface area contributed by atoms with Gasteiger partial charge in [-0.1, -0.05) is 12.8 Å². The zero-order valence-electron chi connectivity index (χ0n) is 12.0. The number of rotatable bonds is 5. The van der Waals surface area contributed by atoms with Gasteiger partial charge in [-0.2, -0.15) is 0 Å². The van der Waals surface area contributed by atoms with E-state index < -0.39 is 11.2 Å². The Kier molecular flexibility index (Phi) is 4.65. The fraction of sp³-hybridized carbons (Fsp3) is 0.714. The molecule has 0 unspecified atom stereocenters. The summed E-state index contributed by atoms with van der Waals surface area (Å²) in [6, 6.07) is 0. The van der Waals surface area contributed by atoms with E-state index in [0.717, 1.165) is 25.7 Å². The molecule has 6 heteroatoms. The molecule has 0 atom stereocenters. The lowest BCUT2D eigenvalue weighted by Gasteiger charge is -2.15. The summed E-state index contributed by atoms with van der Waals surface area (Å²) in [7, 11) is 0. The Balaban J connectivity index is 2.29. The lowest BCUT2D eigenvalue weighted by molar-refractivity contribution is 0.0706. The summed E-state index contributed by atoms with van der Waals surface area (Å²) in [5, 5.41) is 10.3. The van der Waals surface area contributed by atoms with Crippen molar-refractivity contribution in [3.8, 4) is 5.88 Å². The van der Waals surface area contributed by atoms with Gasteiger partial charge in [-0.05, 0) is 32.6 Å². The number of hydrogen-bond donors (Lipinski definition) is 2. The van der Waals surface area contributed by atoms with Crippen LogP contribution in [0.1, 0.15) is 51.0 Å². The molecule has 2 rings (SSSR count). The summed E-state index contributed by atoms with van der Waals surface area (Å²) in [6.07, 6.45) is 3.94. The fourth-order valence-electron chi connectivity index (χ4n) is 2.74. The normalized spacial score (nSPS) is 16.1. The summed E-state index contributed by atoms with van der Waals surface area (Å²) < 4.78 is 6.58. The highest BCUT2D eigenvalue weighted by atomic mass is 16.5. The van der Waals surface area contributed by atoms with E-state index in [9.17, 15) is 14.7 Å². The van der Waals surface area contributed by atoms with Crippen LogP contribution >= 0.6 is 0 Å². The van der Waals surface area contributed by atoms with Gasteiger partial charge in [-0.25, -0.2) is 4.79 Å². The first kappa shape index (κ1) is 14.8. The maximum atomic E-state index is 11.9. The summed E-state index contributed by atoms with van der Waals surface area (Å²) in [6.45, 7) is 4.36. The van der Waals surface area contributed by atoms with E-state index in [1.54, 1.807) is 0 Å². The molecule has 1 saturated carbocycles. The SMILES string of the molecule is CC(C)OCCn1c(O)c(C2CCCC2)c(=O)[nH]c1=O. The predicted molar refractivity (Wildman–Crippen MR) is 75.3 cm³/mol. The molecule has 0 aromatic carbocycles. The van der Waals surface area contributed by atoms with Gasteiger partial charge in [0.15, 0.2) is 0 Å². The van der Waals surface area contributed by atoms with Crippen molar-refractivity contribution in [3.63, 3.8) is 0 Å². The predicted octanol–water partition coefficient (Wildman–Crippen LogP) is 1.32. The molecular weight excluding hydrogens is 260 g/mol.